The van der Waals surface area contributed by atoms with Crippen molar-refractivity contribution >= 4 is 35.8 Å². The molecule has 0 unspecified atom stereocenters. The molecule has 0 atom stereocenters. The van der Waals surface area contributed by atoms with Crippen molar-refractivity contribution in [3.05, 3.63) is 35.4 Å². The maximum Gasteiger partial charge on any atom is 0.219 e. The smallest absolute Gasteiger partial charge is 0.219 e. The molecule has 0 saturated carbocycles. The first kappa shape index (κ1) is 25.7. The van der Waals surface area contributed by atoms with Gasteiger partial charge in [-0.2, -0.15) is 0 Å². The van der Waals surface area contributed by atoms with Crippen LogP contribution in [0.3, 0.4) is 0 Å². The maximum atomic E-state index is 11.4. The van der Waals surface area contributed by atoms with Crippen LogP contribution in [-0.4, -0.2) is 74.5 Å². The highest BCUT2D eigenvalue weighted by atomic mass is 127. The topological polar surface area (TPSA) is 60.0 Å². The molecule has 1 aromatic carbocycles. The van der Waals surface area contributed by atoms with Crippen LogP contribution in [0.1, 0.15) is 44.2 Å². The van der Waals surface area contributed by atoms with Gasteiger partial charge >= 0.3 is 0 Å². The molecule has 2 rings (SSSR count). The molecule has 164 valence electrons. The molecule has 2 N–H and O–H groups in total. The quantitative estimate of drug-likeness (QED) is 0.242. The molecule has 1 heterocycles. The summed E-state index contributed by atoms with van der Waals surface area (Å²) in [5, 5.41) is 6.78. The zero-order valence-corrected chi connectivity index (χ0v) is 20.7. The number of nitrogens with zero attached hydrogens (tertiary/aromatic N) is 3. The monoisotopic (exact) mass is 515 g/mol. The highest BCUT2D eigenvalue weighted by Crippen LogP contribution is 2.15. The lowest BCUT2D eigenvalue weighted by Crippen LogP contribution is -2.50. The van der Waals surface area contributed by atoms with E-state index in [9.17, 15) is 4.79 Å². The average molecular weight is 515 g/mol. The molecule has 6 nitrogen and oxygen atoms in total. The van der Waals surface area contributed by atoms with Crippen molar-refractivity contribution in [2.24, 2.45) is 4.99 Å². The van der Waals surface area contributed by atoms with Crippen molar-refractivity contribution < 1.29 is 4.79 Å². The van der Waals surface area contributed by atoms with Crippen LogP contribution < -0.4 is 10.6 Å². The summed E-state index contributed by atoms with van der Waals surface area (Å²) in [6.07, 6.45) is 2.15. The molecule has 29 heavy (non-hydrogen) atoms. The molecule has 0 aromatic heterocycles. The van der Waals surface area contributed by atoms with Crippen LogP contribution in [0.5, 0.6) is 0 Å². The normalized spacial score (nSPS) is 15.2. The summed E-state index contributed by atoms with van der Waals surface area (Å²) < 4.78 is 0. The van der Waals surface area contributed by atoms with E-state index >= 15 is 0 Å². The Kier molecular flexibility index (Phi) is 12.2. The number of carbonyl (C=O) groups is 1. The van der Waals surface area contributed by atoms with Gasteiger partial charge in [-0.3, -0.25) is 14.7 Å². The molecule has 0 radical (unpaired) electrons. The molecule has 1 aliphatic rings. The van der Waals surface area contributed by atoms with Crippen LogP contribution in [-0.2, 0) is 11.2 Å². The first-order chi connectivity index (χ1) is 13.5. The Bertz CT molecular complexity index is 625. The summed E-state index contributed by atoms with van der Waals surface area (Å²) in [5.41, 5.74) is 2.79. The standard InChI is InChI=1S/C22H37N5O.HI/c1-18(2)21-9-7-20(8-10-21)6-5-11-24-22(23-4)25-12-13-26-14-16-27(17-15-26)19(3)28;/h7-10,18H,5-6,11-17H2,1-4H3,(H2,23,24,25);1H. The molecular formula is C22H38IN5O. The van der Waals surface area contributed by atoms with Gasteiger partial charge in [0.05, 0.1) is 0 Å². The lowest BCUT2D eigenvalue weighted by molar-refractivity contribution is -0.130. The lowest BCUT2D eigenvalue weighted by atomic mass is 10.0. The molecule has 1 amide bonds. The summed E-state index contributed by atoms with van der Waals surface area (Å²) in [4.78, 5) is 20.0. The molecular weight excluding hydrogens is 477 g/mol. The van der Waals surface area contributed by atoms with Crippen LogP contribution in [0.4, 0.5) is 0 Å². The summed E-state index contributed by atoms with van der Waals surface area (Å²) in [7, 11) is 1.81. The van der Waals surface area contributed by atoms with Crippen LogP contribution in [0, 0.1) is 0 Å². The molecule has 0 spiro atoms. The fourth-order valence-electron chi connectivity index (χ4n) is 3.41. The Hall–Kier alpha value is -1.35. The number of piperazine rings is 1. The minimum atomic E-state index is 0. The number of aliphatic imine (C=N–C) groups is 1. The number of rotatable bonds is 8. The molecule has 1 saturated heterocycles. The summed E-state index contributed by atoms with van der Waals surface area (Å²) in [5.74, 6) is 1.62. The summed E-state index contributed by atoms with van der Waals surface area (Å²) >= 11 is 0. The van der Waals surface area contributed by atoms with Gasteiger partial charge in [0.2, 0.25) is 5.91 Å². The lowest BCUT2D eigenvalue weighted by Gasteiger charge is -2.34. The number of benzene rings is 1. The van der Waals surface area contributed by atoms with Crippen LogP contribution in [0.15, 0.2) is 29.3 Å². The second kappa shape index (κ2) is 13.8. The van der Waals surface area contributed by atoms with Crippen LogP contribution in [0.25, 0.3) is 0 Å². The highest BCUT2D eigenvalue weighted by Gasteiger charge is 2.17. The Morgan fingerprint density at radius 1 is 1.07 bits per heavy atom. The van der Waals surface area contributed by atoms with E-state index in [1.807, 2.05) is 11.9 Å². The van der Waals surface area contributed by atoms with Gasteiger partial charge in [0.1, 0.15) is 0 Å². The van der Waals surface area contributed by atoms with Gasteiger partial charge < -0.3 is 15.5 Å². The largest absolute Gasteiger partial charge is 0.356 e. The Morgan fingerprint density at radius 3 is 2.24 bits per heavy atom. The van der Waals surface area contributed by atoms with Crippen molar-refractivity contribution in [3.8, 4) is 0 Å². The van der Waals surface area contributed by atoms with Gasteiger partial charge in [0.15, 0.2) is 5.96 Å². The van der Waals surface area contributed by atoms with E-state index in [1.165, 1.54) is 11.1 Å². The molecule has 7 heteroatoms. The van der Waals surface area contributed by atoms with Gasteiger partial charge in [-0.25, -0.2) is 0 Å². The van der Waals surface area contributed by atoms with Crippen molar-refractivity contribution in [1.82, 2.24) is 20.4 Å². The minimum absolute atomic E-state index is 0. The number of guanidine groups is 1. The van der Waals surface area contributed by atoms with Crippen molar-refractivity contribution in [3.63, 3.8) is 0 Å². The predicted molar refractivity (Wildman–Crippen MR) is 132 cm³/mol. The molecule has 1 aliphatic heterocycles. The molecule has 0 aliphatic carbocycles. The first-order valence-electron chi connectivity index (χ1n) is 10.5. The van der Waals surface area contributed by atoms with Gasteiger partial charge in [-0.15, -0.1) is 24.0 Å². The molecule has 1 aromatic rings. The number of carbonyl (C=O) groups excluding carboxylic acids is 1. The number of nitrogens with one attached hydrogen (secondary N) is 2. The minimum Gasteiger partial charge on any atom is -0.356 e. The second-order valence-corrected chi connectivity index (χ2v) is 7.77. The third kappa shape index (κ3) is 9.33. The average Bonchev–Trinajstić information content (AvgIpc) is 2.70. The number of hydrogen-bond acceptors (Lipinski definition) is 3. The van der Waals surface area contributed by atoms with Gasteiger partial charge in [0.25, 0.3) is 0 Å². The van der Waals surface area contributed by atoms with Crippen LogP contribution >= 0.6 is 24.0 Å². The number of halogens is 1. The Balaban J connectivity index is 0.00000420. The summed E-state index contributed by atoms with van der Waals surface area (Å²) in [6.45, 7) is 12.4. The maximum absolute atomic E-state index is 11.4. The Morgan fingerprint density at radius 2 is 1.69 bits per heavy atom. The number of amides is 1. The third-order valence-electron chi connectivity index (χ3n) is 5.34. The SMILES string of the molecule is CN=C(NCCCc1ccc(C(C)C)cc1)NCCN1CCN(C(C)=O)CC1.I. The van der Waals surface area contributed by atoms with Crippen molar-refractivity contribution in [2.45, 2.75) is 39.5 Å². The van der Waals surface area contributed by atoms with E-state index in [2.05, 4.69) is 58.6 Å². The van der Waals surface area contributed by atoms with Crippen molar-refractivity contribution in [2.75, 3.05) is 52.9 Å². The number of aryl methyl sites for hydroxylation is 1. The molecule has 1 fully saturated rings. The van der Waals surface area contributed by atoms with Crippen LogP contribution in [0.2, 0.25) is 0 Å². The zero-order chi connectivity index (χ0) is 20.4. The van der Waals surface area contributed by atoms with E-state index < -0.39 is 0 Å². The van der Waals surface area contributed by atoms with Gasteiger partial charge in [0, 0.05) is 59.8 Å². The van der Waals surface area contributed by atoms with E-state index in [-0.39, 0.29) is 29.9 Å². The Labute approximate surface area is 193 Å². The van der Waals surface area contributed by atoms with Crippen molar-refractivity contribution in [1.29, 1.82) is 0 Å². The second-order valence-electron chi connectivity index (χ2n) is 7.77. The van der Waals surface area contributed by atoms with E-state index in [1.54, 1.807) is 6.92 Å². The fourth-order valence-corrected chi connectivity index (χ4v) is 3.41. The van der Waals surface area contributed by atoms with E-state index in [0.29, 0.717) is 5.92 Å². The highest BCUT2D eigenvalue weighted by molar-refractivity contribution is 14.0. The molecule has 0 bridgehead atoms. The van der Waals surface area contributed by atoms with E-state index in [0.717, 1.165) is 64.6 Å². The first-order valence-corrected chi connectivity index (χ1v) is 10.5. The third-order valence-corrected chi connectivity index (χ3v) is 5.34. The summed E-state index contributed by atoms with van der Waals surface area (Å²) in [6, 6.07) is 8.97. The zero-order valence-electron chi connectivity index (χ0n) is 18.4. The fraction of sp³-hybridized carbons (Fsp3) is 0.636. The van der Waals surface area contributed by atoms with Gasteiger partial charge in [-0.1, -0.05) is 38.1 Å². The van der Waals surface area contributed by atoms with Gasteiger partial charge in [-0.05, 0) is 29.9 Å². The number of hydrogen-bond donors (Lipinski definition) is 2. The van der Waals surface area contributed by atoms with E-state index in [4.69, 9.17) is 0 Å². The predicted octanol–water partition coefficient (Wildman–Crippen LogP) is 2.69.